The Bertz CT molecular complexity index is 1680. The van der Waals surface area contributed by atoms with E-state index in [1.165, 1.54) is 0 Å². The summed E-state index contributed by atoms with van der Waals surface area (Å²) in [5, 5.41) is 12.9. The molecule has 2 N–H and O–H groups in total. The molecule has 0 spiro atoms. The van der Waals surface area contributed by atoms with Gasteiger partial charge < -0.3 is 20.1 Å². The number of H-pyrrole nitrogens is 1. The van der Waals surface area contributed by atoms with Gasteiger partial charge in [-0.2, -0.15) is 5.26 Å². The predicted octanol–water partition coefficient (Wildman–Crippen LogP) is 4.37. The molecule has 9 heteroatoms. The maximum Gasteiger partial charge on any atom is 0.272 e. The minimum atomic E-state index is -0.726. The van der Waals surface area contributed by atoms with Crippen LogP contribution in [-0.2, 0) is 4.79 Å². The number of nitrogens with one attached hydrogen (secondary N) is 2. The van der Waals surface area contributed by atoms with E-state index >= 15 is 0 Å². The highest BCUT2D eigenvalue weighted by Gasteiger charge is 2.50. The molecule has 0 aliphatic carbocycles. The van der Waals surface area contributed by atoms with Gasteiger partial charge in [0.2, 0.25) is 5.91 Å². The van der Waals surface area contributed by atoms with Crippen molar-refractivity contribution in [3.8, 4) is 17.2 Å². The van der Waals surface area contributed by atoms with Gasteiger partial charge in [0.25, 0.3) is 11.8 Å². The summed E-state index contributed by atoms with van der Waals surface area (Å²) in [5.74, 6) is -0.604. The first-order valence-electron chi connectivity index (χ1n) is 14.1. The summed E-state index contributed by atoms with van der Waals surface area (Å²) in [4.78, 5) is 51.6. The number of amides is 3. The fourth-order valence-corrected chi connectivity index (χ4v) is 5.98. The number of likely N-dealkylation sites (tertiary alicyclic amines) is 2. The summed E-state index contributed by atoms with van der Waals surface area (Å²) >= 11 is 0. The van der Waals surface area contributed by atoms with E-state index in [9.17, 15) is 14.4 Å². The smallest absolute Gasteiger partial charge is 0.272 e. The number of fused-ring (bicyclic) bond motifs is 3. The molecule has 42 heavy (non-hydrogen) atoms. The zero-order chi connectivity index (χ0) is 29.6. The van der Waals surface area contributed by atoms with E-state index < -0.39 is 11.5 Å². The van der Waals surface area contributed by atoms with Gasteiger partial charge in [-0.3, -0.25) is 19.4 Å². The number of carbonyl (C=O) groups excluding carboxylic acids is 3. The molecule has 6 rings (SSSR count). The summed E-state index contributed by atoms with van der Waals surface area (Å²) in [5.41, 5.74) is 3.48. The second-order valence-corrected chi connectivity index (χ2v) is 12.2. The number of hydrogen-bond acceptors (Lipinski definition) is 5. The quantitative estimate of drug-likeness (QED) is 0.375. The molecule has 2 aliphatic heterocycles. The van der Waals surface area contributed by atoms with E-state index in [0.29, 0.717) is 36.5 Å². The Kier molecular flexibility index (Phi) is 6.77. The van der Waals surface area contributed by atoms with E-state index in [-0.39, 0.29) is 29.8 Å². The van der Waals surface area contributed by atoms with Gasteiger partial charge in [0.05, 0.1) is 23.7 Å². The van der Waals surface area contributed by atoms with Crippen molar-refractivity contribution in [2.45, 2.75) is 45.3 Å². The van der Waals surface area contributed by atoms with Crippen LogP contribution in [0.2, 0.25) is 0 Å². The number of para-hydroxylation sites is 1. The monoisotopic (exact) mass is 560 g/mol. The van der Waals surface area contributed by atoms with Crippen LogP contribution in [0.15, 0.2) is 72.9 Å². The number of piperazine rings is 1. The van der Waals surface area contributed by atoms with Crippen LogP contribution in [0.3, 0.4) is 0 Å². The molecule has 0 radical (unpaired) electrons. The first-order valence-corrected chi connectivity index (χ1v) is 14.1. The number of aromatic amines is 1. The molecule has 4 heterocycles. The normalized spacial score (nSPS) is 18.6. The molecule has 2 fully saturated rings. The zero-order valence-corrected chi connectivity index (χ0v) is 23.8. The molecule has 0 unspecified atom stereocenters. The first-order chi connectivity index (χ1) is 20.1. The molecule has 9 nitrogen and oxygen atoms in total. The second kappa shape index (κ2) is 10.5. The van der Waals surface area contributed by atoms with Crippen molar-refractivity contribution in [3.05, 3.63) is 89.9 Å². The van der Waals surface area contributed by atoms with E-state index in [1.807, 2.05) is 73.0 Å². The van der Waals surface area contributed by atoms with Crippen LogP contribution in [0.4, 0.5) is 0 Å². The van der Waals surface area contributed by atoms with Crippen LogP contribution in [0, 0.1) is 16.7 Å². The molecule has 2 aliphatic rings. The van der Waals surface area contributed by atoms with Gasteiger partial charge in [-0.15, -0.1) is 0 Å². The number of benzene rings is 2. The molecular formula is C33H32N6O3. The van der Waals surface area contributed by atoms with Crippen LogP contribution >= 0.6 is 0 Å². The van der Waals surface area contributed by atoms with Crippen molar-refractivity contribution in [2.75, 3.05) is 13.1 Å². The molecule has 2 bridgehead atoms. The van der Waals surface area contributed by atoms with Crippen molar-refractivity contribution < 1.29 is 14.4 Å². The average Bonchev–Trinajstić information content (AvgIpc) is 3.73. The highest BCUT2D eigenvalue weighted by molar-refractivity contribution is 6.00. The maximum atomic E-state index is 13.8. The highest BCUT2D eigenvalue weighted by atomic mass is 16.2. The molecule has 4 aromatic rings. The number of rotatable bonds is 5. The summed E-state index contributed by atoms with van der Waals surface area (Å²) in [6.07, 6.45) is 2.37. The molecule has 2 aromatic heterocycles. The van der Waals surface area contributed by atoms with E-state index in [1.54, 1.807) is 30.5 Å². The maximum absolute atomic E-state index is 13.8. The van der Waals surface area contributed by atoms with Crippen molar-refractivity contribution >= 4 is 28.6 Å². The molecule has 2 aromatic carbocycles. The van der Waals surface area contributed by atoms with Crippen molar-refractivity contribution in [3.63, 3.8) is 0 Å². The topological polar surface area (TPSA) is 122 Å². The van der Waals surface area contributed by atoms with Crippen LogP contribution in [0.1, 0.15) is 53.7 Å². The van der Waals surface area contributed by atoms with Gasteiger partial charge in [-0.05, 0) is 47.7 Å². The molecule has 3 atom stereocenters. The van der Waals surface area contributed by atoms with Crippen LogP contribution in [-0.4, -0.2) is 68.7 Å². The zero-order valence-electron chi connectivity index (χ0n) is 23.8. The SMILES string of the molecule is CC(C)(C)[C@H](NC(=O)c1cc2ccccc2[nH]1)C(=O)N1C[C@@H]2C[C@H]1CN2C(=O)c1ccc(-c2ccc(C#N)cc2)cn1. The van der Waals surface area contributed by atoms with Crippen LogP contribution in [0.5, 0.6) is 0 Å². The summed E-state index contributed by atoms with van der Waals surface area (Å²) < 4.78 is 0. The summed E-state index contributed by atoms with van der Waals surface area (Å²) in [6.45, 7) is 6.68. The van der Waals surface area contributed by atoms with Crippen LogP contribution < -0.4 is 5.32 Å². The number of aromatic nitrogens is 2. The largest absolute Gasteiger partial charge is 0.351 e. The Labute approximate surface area is 244 Å². The lowest BCUT2D eigenvalue weighted by atomic mass is 9.85. The Morgan fingerprint density at radius 1 is 0.976 bits per heavy atom. The van der Waals surface area contributed by atoms with Gasteiger partial charge in [-0.25, -0.2) is 0 Å². The third-order valence-electron chi connectivity index (χ3n) is 8.28. The minimum Gasteiger partial charge on any atom is -0.351 e. The van der Waals surface area contributed by atoms with Gasteiger partial charge in [0.15, 0.2) is 0 Å². The molecular weight excluding hydrogens is 528 g/mol. The number of pyridine rings is 1. The first kappa shape index (κ1) is 27.2. The Balaban J connectivity index is 1.12. The number of nitriles is 1. The lowest BCUT2D eigenvalue weighted by molar-refractivity contribution is -0.138. The van der Waals surface area contributed by atoms with Gasteiger partial charge in [0, 0.05) is 35.8 Å². The molecule has 212 valence electrons. The Morgan fingerprint density at radius 2 is 1.67 bits per heavy atom. The third-order valence-corrected chi connectivity index (χ3v) is 8.28. The third kappa shape index (κ3) is 5.00. The van der Waals surface area contributed by atoms with Crippen molar-refractivity contribution in [2.24, 2.45) is 5.41 Å². The minimum absolute atomic E-state index is 0.100. The highest BCUT2D eigenvalue weighted by Crippen LogP contribution is 2.34. The van der Waals surface area contributed by atoms with Crippen molar-refractivity contribution in [1.29, 1.82) is 5.26 Å². The lowest BCUT2D eigenvalue weighted by Gasteiger charge is -2.39. The number of carbonyl (C=O) groups is 3. The fraction of sp³-hybridized carbons (Fsp3) is 0.303. The van der Waals surface area contributed by atoms with E-state index in [4.69, 9.17) is 5.26 Å². The summed E-state index contributed by atoms with van der Waals surface area (Å²) in [6, 6.07) is 21.4. The van der Waals surface area contributed by atoms with E-state index in [2.05, 4.69) is 21.4 Å². The molecule has 2 saturated heterocycles. The predicted molar refractivity (Wildman–Crippen MR) is 158 cm³/mol. The van der Waals surface area contributed by atoms with Gasteiger partial charge in [-0.1, -0.05) is 57.2 Å². The Hall–Kier alpha value is -4.97. The number of nitrogens with zero attached hydrogens (tertiary/aromatic N) is 4. The fourth-order valence-electron chi connectivity index (χ4n) is 5.98. The molecule has 0 saturated carbocycles. The second-order valence-electron chi connectivity index (χ2n) is 12.2. The summed E-state index contributed by atoms with van der Waals surface area (Å²) in [7, 11) is 0. The Morgan fingerprint density at radius 3 is 2.29 bits per heavy atom. The number of hydrogen-bond donors (Lipinski definition) is 2. The van der Waals surface area contributed by atoms with Crippen LogP contribution in [0.25, 0.3) is 22.0 Å². The standard InChI is InChI=1S/C33H32N6O3/c1-33(2,3)29(37-30(40)28-14-22-6-4-5-7-26(22)36-28)32(42)39-19-24-15-25(39)18-38(24)31(41)27-13-12-23(17-35-27)21-10-8-20(16-34)9-11-21/h4-14,17,24-25,29,36H,15,18-19H2,1-3H3,(H,37,40)/t24-,25-,29+/m0/s1. The average molecular weight is 561 g/mol. The lowest BCUT2D eigenvalue weighted by Crippen LogP contribution is -2.59. The van der Waals surface area contributed by atoms with E-state index in [0.717, 1.165) is 22.0 Å². The van der Waals surface area contributed by atoms with Crippen molar-refractivity contribution in [1.82, 2.24) is 25.1 Å². The van der Waals surface area contributed by atoms with Gasteiger partial charge in [0.1, 0.15) is 17.4 Å². The van der Waals surface area contributed by atoms with Gasteiger partial charge >= 0.3 is 0 Å². The molecule has 3 amide bonds.